The third-order valence-corrected chi connectivity index (χ3v) is 2.98. The summed E-state index contributed by atoms with van der Waals surface area (Å²) >= 11 is 3.23. The third kappa shape index (κ3) is 1.23. The van der Waals surface area contributed by atoms with Crippen LogP contribution in [0.3, 0.4) is 0 Å². The molecule has 0 atom stereocenters. The zero-order valence-electron chi connectivity index (χ0n) is 6.55. The van der Waals surface area contributed by atoms with Crippen LogP contribution in [0.4, 0.5) is 0 Å². The van der Waals surface area contributed by atoms with Crippen LogP contribution in [0.15, 0.2) is 22.7 Å². The van der Waals surface area contributed by atoms with E-state index in [2.05, 4.69) is 15.9 Å². The summed E-state index contributed by atoms with van der Waals surface area (Å²) in [5, 5.41) is 9.39. The second-order valence-electron chi connectivity index (χ2n) is 3.32. The van der Waals surface area contributed by atoms with Crippen molar-refractivity contribution in [1.29, 1.82) is 0 Å². The van der Waals surface area contributed by atoms with Gasteiger partial charge in [0.25, 0.3) is 0 Å². The molecular formula is C9H10BrNO. The Morgan fingerprint density at radius 1 is 1.42 bits per heavy atom. The molecule has 0 spiro atoms. The van der Waals surface area contributed by atoms with Gasteiger partial charge in [0.2, 0.25) is 0 Å². The van der Waals surface area contributed by atoms with Crippen molar-refractivity contribution in [3.63, 3.8) is 0 Å². The number of phenolic OH excluding ortho intramolecular Hbond substituents is 1. The molecule has 0 heterocycles. The van der Waals surface area contributed by atoms with Gasteiger partial charge in [-0.15, -0.1) is 0 Å². The predicted molar refractivity (Wildman–Crippen MR) is 50.9 cm³/mol. The molecule has 1 aliphatic rings. The average molecular weight is 228 g/mol. The van der Waals surface area contributed by atoms with Gasteiger partial charge in [-0.2, -0.15) is 0 Å². The van der Waals surface area contributed by atoms with E-state index in [0.29, 0.717) is 0 Å². The molecule has 64 valence electrons. The van der Waals surface area contributed by atoms with Crippen LogP contribution in [0.2, 0.25) is 0 Å². The minimum atomic E-state index is -0.155. The van der Waals surface area contributed by atoms with E-state index in [1.807, 2.05) is 12.1 Å². The molecule has 0 aromatic heterocycles. The fraction of sp³-hybridized carbons (Fsp3) is 0.333. The second kappa shape index (κ2) is 2.47. The molecule has 1 aromatic carbocycles. The van der Waals surface area contributed by atoms with Crippen LogP contribution < -0.4 is 5.73 Å². The van der Waals surface area contributed by atoms with Crippen molar-refractivity contribution in [3.8, 4) is 5.75 Å². The van der Waals surface area contributed by atoms with Gasteiger partial charge in [-0.05, 0) is 46.5 Å². The lowest BCUT2D eigenvalue weighted by molar-refractivity contribution is 0.470. The lowest BCUT2D eigenvalue weighted by atomic mass is 10.1. The van der Waals surface area contributed by atoms with Crippen LogP contribution in [0.25, 0.3) is 0 Å². The van der Waals surface area contributed by atoms with Crippen molar-refractivity contribution in [2.75, 3.05) is 0 Å². The monoisotopic (exact) mass is 227 g/mol. The standard InChI is InChI=1S/C9H10BrNO/c10-7-2-1-6(5-8(7)12)9(11)3-4-9/h1-2,5,12H,3-4,11H2. The Labute approximate surface area is 79.5 Å². The highest BCUT2D eigenvalue weighted by molar-refractivity contribution is 9.10. The first-order chi connectivity index (χ1) is 5.62. The summed E-state index contributed by atoms with van der Waals surface area (Å²) in [4.78, 5) is 0. The van der Waals surface area contributed by atoms with E-state index >= 15 is 0 Å². The normalized spacial score (nSPS) is 19.2. The third-order valence-electron chi connectivity index (χ3n) is 2.31. The van der Waals surface area contributed by atoms with Gasteiger partial charge < -0.3 is 10.8 Å². The molecule has 0 unspecified atom stereocenters. The molecule has 1 aliphatic carbocycles. The molecule has 0 saturated heterocycles. The van der Waals surface area contributed by atoms with E-state index < -0.39 is 0 Å². The number of phenols is 1. The van der Waals surface area contributed by atoms with Crippen molar-refractivity contribution in [2.45, 2.75) is 18.4 Å². The van der Waals surface area contributed by atoms with Crippen LogP contribution >= 0.6 is 15.9 Å². The Kier molecular flexibility index (Phi) is 1.66. The van der Waals surface area contributed by atoms with E-state index in [-0.39, 0.29) is 11.3 Å². The van der Waals surface area contributed by atoms with Gasteiger partial charge in [-0.3, -0.25) is 0 Å². The van der Waals surface area contributed by atoms with E-state index in [0.717, 1.165) is 22.9 Å². The molecule has 2 nitrogen and oxygen atoms in total. The fourth-order valence-corrected chi connectivity index (χ4v) is 1.49. The Morgan fingerprint density at radius 2 is 2.08 bits per heavy atom. The lowest BCUT2D eigenvalue weighted by Crippen LogP contribution is -2.18. The Bertz CT molecular complexity index is 320. The molecule has 3 N–H and O–H groups in total. The number of hydrogen-bond acceptors (Lipinski definition) is 2. The maximum atomic E-state index is 9.39. The zero-order chi connectivity index (χ0) is 8.77. The van der Waals surface area contributed by atoms with Crippen LogP contribution in [-0.2, 0) is 5.54 Å². The zero-order valence-corrected chi connectivity index (χ0v) is 8.13. The van der Waals surface area contributed by atoms with Crippen LogP contribution in [-0.4, -0.2) is 5.11 Å². The fourth-order valence-electron chi connectivity index (χ4n) is 1.25. The number of rotatable bonds is 1. The number of nitrogens with two attached hydrogens (primary N) is 1. The number of halogens is 1. The topological polar surface area (TPSA) is 46.2 Å². The van der Waals surface area contributed by atoms with Crippen molar-refractivity contribution in [1.82, 2.24) is 0 Å². The summed E-state index contributed by atoms with van der Waals surface area (Å²) in [6.07, 6.45) is 2.04. The van der Waals surface area contributed by atoms with Crippen molar-refractivity contribution in [2.24, 2.45) is 5.73 Å². The first-order valence-corrected chi connectivity index (χ1v) is 4.69. The molecule has 12 heavy (non-hydrogen) atoms. The molecule has 0 aliphatic heterocycles. The van der Waals surface area contributed by atoms with Gasteiger partial charge in [0, 0.05) is 5.54 Å². The highest BCUT2D eigenvalue weighted by Gasteiger charge is 2.40. The van der Waals surface area contributed by atoms with Crippen LogP contribution in [0, 0.1) is 0 Å². The molecule has 0 radical (unpaired) electrons. The first-order valence-electron chi connectivity index (χ1n) is 3.90. The number of aromatic hydroxyl groups is 1. The summed E-state index contributed by atoms with van der Waals surface area (Å²) in [6.45, 7) is 0. The van der Waals surface area contributed by atoms with Crippen molar-refractivity contribution < 1.29 is 5.11 Å². The largest absolute Gasteiger partial charge is 0.507 e. The number of benzene rings is 1. The summed E-state index contributed by atoms with van der Waals surface area (Å²) in [6, 6.07) is 5.52. The van der Waals surface area contributed by atoms with E-state index in [4.69, 9.17) is 5.73 Å². The molecule has 1 saturated carbocycles. The highest BCUT2D eigenvalue weighted by Crippen LogP contribution is 2.44. The minimum absolute atomic E-state index is 0.155. The van der Waals surface area contributed by atoms with Crippen LogP contribution in [0.1, 0.15) is 18.4 Å². The van der Waals surface area contributed by atoms with E-state index in [1.165, 1.54) is 0 Å². The maximum absolute atomic E-state index is 9.39. The molecule has 1 fully saturated rings. The summed E-state index contributed by atoms with van der Waals surface area (Å²) in [5.41, 5.74) is 6.84. The number of hydrogen-bond donors (Lipinski definition) is 2. The van der Waals surface area contributed by atoms with Crippen molar-refractivity contribution >= 4 is 15.9 Å². The van der Waals surface area contributed by atoms with E-state index in [1.54, 1.807) is 6.07 Å². The molecule has 3 heteroatoms. The summed E-state index contributed by atoms with van der Waals surface area (Å²) in [7, 11) is 0. The van der Waals surface area contributed by atoms with Gasteiger partial charge in [0.15, 0.2) is 0 Å². The summed E-state index contributed by atoms with van der Waals surface area (Å²) < 4.78 is 0.718. The quantitative estimate of drug-likeness (QED) is 0.773. The second-order valence-corrected chi connectivity index (χ2v) is 4.18. The smallest absolute Gasteiger partial charge is 0.130 e. The Hall–Kier alpha value is -0.540. The molecule has 0 amide bonds. The van der Waals surface area contributed by atoms with Gasteiger partial charge in [-0.1, -0.05) is 6.07 Å². The van der Waals surface area contributed by atoms with Gasteiger partial charge in [0.05, 0.1) is 4.47 Å². The molecule has 1 aromatic rings. The Balaban J connectivity index is 2.41. The van der Waals surface area contributed by atoms with Gasteiger partial charge in [0.1, 0.15) is 5.75 Å². The summed E-state index contributed by atoms with van der Waals surface area (Å²) in [5.74, 6) is 0.268. The van der Waals surface area contributed by atoms with Gasteiger partial charge >= 0.3 is 0 Å². The van der Waals surface area contributed by atoms with Crippen LogP contribution in [0.5, 0.6) is 5.75 Å². The minimum Gasteiger partial charge on any atom is -0.507 e. The van der Waals surface area contributed by atoms with Crippen molar-refractivity contribution in [3.05, 3.63) is 28.2 Å². The predicted octanol–water partition coefficient (Wildman–Crippen LogP) is 2.10. The SMILES string of the molecule is NC1(c2ccc(Br)c(O)c2)CC1. The maximum Gasteiger partial charge on any atom is 0.130 e. The van der Waals surface area contributed by atoms with Gasteiger partial charge in [-0.25, -0.2) is 0 Å². The molecule has 2 rings (SSSR count). The molecule has 0 bridgehead atoms. The average Bonchev–Trinajstić information content (AvgIpc) is 2.75. The molecular weight excluding hydrogens is 218 g/mol. The van der Waals surface area contributed by atoms with E-state index in [9.17, 15) is 5.11 Å². The first kappa shape index (κ1) is 8.08. The highest BCUT2D eigenvalue weighted by atomic mass is 79.9. The lowest BCUT2D eigenvalue weighted by Gasteiger charge is -2.09. The Morgan fingerprint density at radius 3 is 2.58 bits per heavy atom.